The number of benzene rings is 1. The van der Waals surface area contributed by atoms with Gasteiger partial charge in [-0.3, -0.25) is 4.79 Å². The van der Waals surface area contributed by atoms with Gasteiger partial charge in [-0.15, -0.1) is 11.3 Å². The Morgan fingerprint density at radius 1 is 1.35 bits per heavy atom. The Labute approximate surface area is 118 Å². The second-order valence-corrected chi connectivity index (χ2v) is 5.10. The first-order valence-electron chi connectivity index (χ1n) is 5.82. The van der Waals surface area contributed by atoms with Gasteiger partial charge < -0.3 is 5.32 Å². The number of carbonyl (C=O) groups is 1. The number of rotatable bonds is 5. The summed E-state index contributed by atoms with van der Waals surface area (Å²) in [5.74, 6) is -0.617. The molecule has 1 amide bonds. The Morgan fingerprint density at radius 3 is 2.90 bits per heavy atom. The van der Waals surface area contributed by atoms with Gasteiger partial charge in [0.15, 0.2) is 0 Å². The Bertz CT molecular complexity index is 664. The summed E-state index contributed by atoms with van der Waals surface area (Å²) in [5.41, 5.74) is 8.66. The number of halogens is 1. The van der Waals surface area contributed by atoms with Crippen LogP contribution in [0.15, 0.2) is 41.5 Å². The van der Waals surface area contributed by atoms with E-state index in [0.29, 0.717) is 10.4 Å². The number of nitrogens with one attached hydrogen (secondary N) is 1. The number of amides is 1. The van der Waals surface area contributed by atoms with Crippen molar-refractivity contribution in [3.05, 3.63) is 68.0 Å². The third kappa shape index (κ3) is 3.57. The van der Waals surface area contributed by atoms with E-state index in [-0.39, 0.29) is 24.8 Å². The summed E-state index contributed by atoms with van der Waals surface area (Å²) in [4.78, 5) is 15.9. The Hall–Kier alpha value is -2.37. The quantitative estimate of drug-likeness (QED) is 0.509. The van der Waals surface area contributed by atoms with Gasteiger partial charge in [0, 0.05) is 21.9 Å². The monoisotopic (exact) mass is 290 g/mol. The molecule has 0 atom stereocenters. The van der Waals surface area contributed by atoms with Crippen LogP contribution in [0.3, 0.4) is 0 Å². The van der Waals surface area contributed by atoms with E-state index in [1.165, 1.54) is 17.4 Å². The highest BCUT2D eigenvalue weighted by Gasteiger charge is 2.09. The summed E-state index contributed by atoms with van der Waals surface area (Å²) in [6.45, 7) is 0.358. The minimum Gasteiger partial charge on any atom is -0.347 e. The van der Waals surface area contributed by atoms with Gasteiger partial charge in [0.05, 0.1) is 11.4 Å². The maximum absolute atomic E-state index is 13.4. The Morgan fingerprint density at radius 2 is 2.15 bits per heavy atom. The molecule has 1 aromatic heterocycles. The predicted octanol–water partition coefficient (Wildman–Crippen LogP) is 3.63. The van der Waals surface area contributed by atoms with Gasteiger partial charge in [-0.1, -0.05) is 23.3 Å². The lowest BCUT2D eigenvalue weighted by atomic mass is 10.2. The van der Waals surface area contributed by atoms with Crippen molar-refractivity contribution in [2.45, 2.75) is 13.1 Å². The zero-order valence-corrected chi connectivity index (χ0v) is 11.2. The first-order chi connectivity index (χ1) is 9.70. The first kappa shape index (κ1) is 14.0. The molecular weight excluding hydrogens is 279 g/mol. The lowest BCUT2D eigenvalue weighted by molar-refractivity contribution is 0.0954. The minimum absolute atomic E-state index is 0.134. The summed E-state index contributed by atoms with van der Waals surface area (Å²) in [5, 5.41) is 6.08. The normalized spacial score (nSPS) is 9.85. The molecule has 7 heteroatoms. The van der Waals surface area contributed by atoms with E-state index in [1.807, 2.05) is 0 Å². The molecule has 5 nitrogen and oxygen atoms in total. The molecular formula is C13H11FN4OS. The van der Waals surface area contributed by atoms with Gasteiger partial charge in [0.1, 0.15) is 5.82 Å². The van der Waals surface area contributed by atoms with E-state index in [0.717, 1.165) is 4.88 Å². The van der Waals surface area contributed by atoms with Crippen LogP contribution in [0.2, 0.25) is 0 Å². The fourth-order valence-electron chi connectivity index (χ4n) is 1.59. The van der Waals surface area contributed by atoms with Crippen molar-refractivity contribution < 1.29 is 9.18 Å². The molecule has 0 bridgehead atoms. The van der Waals surface area contributed by atoms with Crippen LogP contribution in [0, 0.1) is 5.82 Å². The van der Waals surface area contributed by atoms with Crippen LogP contribution in [0.5, 0.6) is 0 Å². The number of thiophene rings is 1. The predicted molar refractivity (Wildman–Crippen MR) is 74.7 cm³/mol. The minimum atomic E-state index is -0.344. The number of nitrogens with zero attached hydrogens (tertiary/aromatic N) is 3. The number of carbonyl (C=O) groups excluding carboxylic acids is 1. The Balaban J connectivity index is 1.96. The SMILES string of the molecule is [N-]=[N+]=NCc1ccc(C(=O)NCc2ccccc2F)s1. The second kappa shape index (κ2) is 6.70. The van der Waals surface area contributed by atoms with Gasteiger partial charge >= 0.3 is 0 Å². The molecule has 0 aliphatic rings. The molecule has 0 spiro atoms. The van der Waals surface area contributed by atoms with Crippen molar-refractivity contribution in [3.8, 4) is 0 Å². The van der Waals surface area contributed by atoms with E-state index in [1.54, 1.807) is 30.3 Å². The number of azide groups is 1. The lowest BCUT2D eigenvalue weighted by Crippen LogP contribution is -2.22. The fourth-order valence-corrected chi connectivity index (χ4v) is 2.43. The molecule has 1 N–H and O–H groups in total. The fraction of sp³-hybridized carbons (Fsp3) is 0.154. The van der Waals surface area contributed by atoms with E-state index >= 15 is 0 Å². The molecule has 0 fully saturated rings. The molecule has 1 aromatic carbocycles. The average Bonchev–Trinajstić information content (AvgIpc) is 2.93. The van der Waals surface area contributed by atoms with Gasteiger partial charge in [-0.2, -0.15) is 0 Å². The van der Waals surface area contributed by atoms with Crippen molar-refractivity contribution >= 4 is 17.2 Å². The van der Waals surface area contributed by atoms with E-state index in [4.69, 9.17) is 5.53 Å². The van der Waals surface area contributed by atoms with Crippen molar-refractivity contribution in [1.82, 2.24) is 5.32 Å². The van der Waals surface area contributed by atoms with Crippen LogP contribution in [0.4, 0.5) is 4.39 Å². The average molecular weight is 290 g/mol. The topological polar surface area (TPSA) is 77.9 Å². The van der Waals surface area contributed by atoms with Crippen LogP contribution in [0.1, 0.15) is 20.1 Å². The van der Waals surface area contributed by atoms with Gasteiger partial charge in [0.25, 0.3) is 5.91 Å². The van der Waals surface area contributed by atoms with Crippen LogP contribution in [-0.2, 0) is 13.1 Å². The molecule has 20 heavy (non-hydrogen) atoms. The van der Waals surface area contributed by atoms with E-state index < -0.39 is 0 Å². The number of hydrogen-bond donors (Lipinski definition) is 1. The summed E-state index contributed by atoms with van der Waals surface area (Å²) in [7, 11) is 0. The first-order valence-corrected chi connectivity index (χ1v) is 6.63. The Kier molecular flexibility index (Phi) is 4.70. The highest BCUT2D eigenvalue weighted by atomic mass is 32.1. The third-order valence-electron chi connectivity index (χ3n) is 2.57. The summed E-state index contributed by atoms with van der Waals surface area (Å²) >= 11 is 1.25. The molecule has 2 aromatic rings. The van der Waals surface area contributed by atoms with Crippen molar-refractivity contribution in [1.29, 1.82) is 0 Å². The summed E-state index contributed by atoms with van der Waals surface area (Å²) < 4.78 is 13.4. The van der Waals surface area contributed by atoms with E-state index in [2.05, 4.69) is 15.3 Å². The smallest absolute Gasteiger partial charge is 0.261 e. The van der Waals surface area contributed by atoms with Gasteiger partial charge in [0.2, 0.25) is 0 Å². The standard InChI is InChI=1S/C13H11FN4OS/c14-11-4-2-1-3-9(11)7-16-13(19)12-6-5-10(20-12)8-17-18-15/h1-6H,7-8H2,(H,16,19). The van der Waals surface area contributed by atoms with Crippen molar-refractivity contribution in [3.63, 3.8) is 0 Å². The lowest BCUT2D eigenvalue weighted by Gasteiger charge is -2.04. The van der Waals surface area contributed by atoms with Crippen LogP contribution >= 0.6 is 11.3 Å². The summed E-state index contributed by atoms with van der Waals surface area (Å²) in [6.07, 6.45) is 0. The molecule has 0 radical (unpaired) electrons. The van der Waals surface area contributed by atoms with Crippen molar-refractivity contribution in [2.75, 3.05) is 0 Å². The molecule has 2 rings (SSSR count). The zero-order valence-electron chi connectivity index (χ0n) is 10.4. The second-order valence-electron chi connectivity index (χ2n) is 3.93. The molecule has 1 heterocycles. The molecule has 0 saturated heterocycles. The molecule has 0 saturated carbocycles. The van der Waals surface area contributed by atoms with Crippen LogP contribution < -0.4 is 5.32 Å². The highest BCUT2D eigenvalue weighted by Crippen LogP contribution is 2.17. The molecule has 102 valence electrons. The van der Waals surface area contributed by atoms with Gasteiger partial charge in [-0.05, 0) is 23.7 Å². The number of hydrogen-bond acceptors (Lipinski definition) is 3. The van der Waals surface area contributed by atoms with Crippen LogP contribution in [0.25, 0.3) is 10.4 Å². The maximum Gasteiger partial charge on any atom is 0.261 e. The van der Waals surface area contributed by atoms with Gasteiger partial charge in [-0.25, -0.2) is 4.39 Å². The molecule has 0 aliphatic carbocycles. The highest BCUT2D eigenvalue weighted by molar-refractivity contribution is 7.14. The third-order valence-corrected chi connectivity index (χ3v) is 3.64. The summed E-state index contributed by atoms with van der Waals surface area (Å²) in [6, 6.07) is 9.68. The van der Waals surface area contributed by atoms with E-state index in [9.17, 15) is 9.18 Å². The maximum atomic E-state index is 13.4. The molecule has 0 aliphatic heterocycles. The molecule has 0 unspecified atom stereocenters. The van der Waals surface area contributed by atoms with Crippen molar-refractivity contribution in [2.24, 2.45) is 5.11 Å². The zero-order chi connectivity index (χ0) is 14.4. The largest absolute Gasteiger partial charge is 0.347 e. The van der Waals surface area contributed by atoms with Crippen LogP contribution in [-0.4, -0.2) is 5.91 Å².